The van der Waals surface area contributed by atoms with Gasteiger partial charge in [-0.25, -0.2) is 0 Å². The van der Waals surface area contributed by atoms with Crippen LogP contribution in [-0.2, 0) is 6.42 Å². The number of aromatic hydroxyl groups is 1. The van der Waals surface area contributed by atoms with Gasteiger partial charge in [-0.15, -0.1) is 0 Å². The number of phenols is 1. The Morgan fingerprint density at radius 3 is 2.86 bits per heavy atom. The lowest BCUT2D eigenvalue weighted by Gasteiger charge is -2.01. The Bertz CT molecular complexity index is 781. The number of hydrogen-bond donors (Lipinski definition) is 1. The second-order valence-electron chi connectivity index (χ2n) is 4.81. The number of nitrogens with zero attached hydrogens (tertiary/aromatic N) is 3. The summed E-state index contributed by atoms with van der Waals surface area (Å²) in [6.07, 6.45) is 2.54. The molecular weight excluding hydrogens is 266 g/mol. The summed E-state index contributed by atoms with van der Waals surface area (Å²) in [5, 5.41) is 14.0. The quantitative estimate of drug-likeness (QED) is 0.796. The van der Waals surface area contributed by atoms with Crippen molar-refractivity contribution in [2.45, 2.75) is 20.3 Å². The number of aryl methyl sites for hydroxylation is 2. The molecule has 5 nitrogen and oxygen atoms in total. The van der Waals surface area contributed by atoms with Crippen molar-refractivity contribution in [2.75, 3.05) is 0 Å². The zero-order valence-electron chi connectivity index (χ0n) is 11.9. The van der Waals surface area contributed by atoms with Crippen LogP contribution in [0.5, 0.6) is 5.75 Å². The molecule has 2 aromatic heterocycles. The molecule has 21 heavy (non-hydrogen) atoms. The van der Waals surface area contributed by atoms with Gasteiger partial charge in [0.15, 0.2) is 0 Å². The minimum Gasteiger partial charge on any atom is -0.507 e. The molecule has 106 valence electrons. The van der Waals surface area contributed by atoms with Gasteiger partial charge in [-0.2, -0.15) is 4.98 Å². The van der Waals surface area contributed by atoms with Crippen LogP contribution in [0, 0.1) is 6.92 Å². The van der Waals surface area contributed by atoms with Crippen molar-refractivity contribution >= 4 is 0 Å². The van der Waals surface area contributed by atoms with E-state index in [9.17, 15) is 5.11 Å². The molecule has 2 heterocycles. The van der Waals surface area contributed by atoms with Crippen molar-refractivity contribution in [1.29, 1.82) is 0 Å². The van der Waals surface area contributed by atoms with Crippen LogP contribution < -0.4 is 0 Å². The molecule has 3 rings (SSSR count). The Balaban J connectivity index is 2.04. The van der Waals surface area contributed by atoms with E-state index in [-0.39, 0.29) is 11.6 Å². The molecule has 0 bridgehead atoms. The standard InChI is InChI=1S/C16H15N3O2/c1-3-11-5-4-8-17-14(11)15-18-16(21-19-15)12-7-6-10(2)9-13(12)20/h4-9,20H,3H2,1-2H3. The summed E-state index contributed by atoms with van der Waals surface area (Å²) in [4.78, 5) is 8.67. The summed E-state index contributed by atoms with van der Waals surface area (Å²) in [6.45, 7) is 3.96. The molecular formula is C16H15N3O2. The molecule has 5 heteroatoms. The lowest BCUT2D eigenvalue weighted by atomic mass is 10.1. The number of phenolic OH excluding ortho intramolecular Hbond substituents is 1. The van der Waals surface area contributed by atoms with Crippen LogP contribution in [0.1, 0.15) is 18.1 Å². The second kappa shape index (κ2) is 5.36. The Labute approximate surface area is 122 Å². The third kappa shape index (κ3) is 2.50. The second-order valence-corrected chi connectivity index (χ2v) is 4.81. The number of aromatic nitrogens is 3. The first-order valence-electron chi connectivity index (χ1n) is 6.77. The maximum atomic E-state index is 9.98. The minimum absolute atomic E-state index is 0.127. The van der Waals surface area contributed by atoms with E-state index in [1.807, 2.05) is 32.0 Å². The maximum absolute atomic E-state index is 9.98. The number of rotatable bonds is 3. The van der Waals surface area contributed by atoms with E-state index in [4.69, 9.17) is 4.52 Å². The van der Waals surface area contributed by atoms with E-state index in [0.29, 0.717) is 17.1 Å². The summed E-state index contributed by atoms with van der Waals surface area (Å²) in [6, 6.07) is 9.19. The monoisotopic (exact) mass is 281 g/mol. The molecule has 0 aliphatic heterocycles. The van der Waals surface area contributed by atoms with Crippen molar-refractivity contribution in [2.24, 2.45) is 0 Å². The number of benzene rings is 1. The fraction of sp³-hybridized carbons (Fsp3) is 0.188. The largest absolute Gasteiger partial charge is 0.507 e. The SMILES string of the molecule is CCc1cccnc1-c1noc(-c2ccc(C)cc2O)n1. The van der Waals surface area contributed by atoms with Gasteiger partial charge in [0.05, 0.1) is 5.56 Å². The lowest BCUT2D eigenvalue weighted by molar-refractivity contribution is 0.425. The van der Waals surface area contributed by atoms with Gasteiger partial charge in [0, 0.05) is 6.20 Å². The van der Waals surface area contributed by atoms with Crippen LogP contribution in [0.2, 0.25) is 0 Å². The number of pyridine rings is 1. The van der Waals surface area contributed by atoms with Gasteiger partial charge in [-0.1, -0.05) is 24.2 Å². The molecule has 0 saturated carbocycles. The van der Waals surface area contributed by atoms with Crippen LogP contribution in [0.4, 0.5) is 0 Å². The predicted molar refractivity (Wildman–Crippen MR) is 78.7 cm³/mol. The molecule has 0 fully saturated rings. The van der Waals surface area contributed by atoms with Gasteiger partial charge in [0.25, 0.3) is 5.89 Å². The molecule has 0 unspecified atom stereocenters. The number of hydrogen-bond acceptors (Lipinski definition) is 5. The molecule has 0 spiro atoms. The summed E-state index contributed by atoms with van der Waals surface area (Å²) in [5.74, 6) is 0.847. The predicted octanol–water partition coefficient (Wildman–Crippen LogP) is 3.38. The molecule has 0 atom stereocenters. The van der Waals surface area contributed by atoms with Crippen molar-refractivity contribution in [3.05, 3.63) is 47.7 Å². The maximum Gasteiger partial charge on any atom is 0.262 e. The van der Waals surface area contributed by atoms with Crippen LogP contribution in [0.15, 0.2) is 41.1 Å². The van der Waals surface area contributed by atoms with E-state index < -0.39 is 0 Å². The lowest BCUT2D eigenvalue weighted by Crippen LogP contribution is -1.92. The van der Waals surface area contributed by atoms with E-state index in [0.717, 1.165) is 17.5 Å². The first-order valence-corrected chi connectivity index (χ1v) is 6.77. The highest BCUT2D eigenvalue weighted by Gasteiger charge is 2.16. The Morgan fingerprint density at radius 1 is 1.24 bits per heavy atom. The van der Waals surface area contributed by atoms with Crippen LogP contribution >= 0.6 is 0 Å². The first kappa shape index (κ1) is 13.3. The highest BCUT2D eigenvalue weighted by Crippen LogP contribution is 2.30. The fourth-order valence-corrected chi connectivity index (χ4v) is 2.18. The molecule has 1 N–H and O–H groups in total. The zero-order valence-corrected chi connectivity index (χ0v) is 11.9. The third-order valence-corrected chi connectivity index (χ3v) is 3.29. The van der Waals surface area contributed by atoms with E-state index >= 15 is 0 Å². The summed E-state index contributed by atoms with van der Waals surface area (Å²) < 4.78 is 5.26. The van der Waals surface area contributed by atoms with Gasteiger partial charge >= 0.3 is 0 Å². The third-order valence-electron chi connectivity index (χ3n) is 3.29. The van der Waals surface area contributed by atoms with Gasteiger partial charge < -0.3 is 9.63 Å². The van der Waals surface area contributed by atoms with E-state index in [2.05, 4.69) is 15.1 Å². The minimum atomic E-state index is 0.127. The molecule has 0 radical (unpaired) electrons. The smallest absolute Gasteiger partial charge is 0.262 e. The van der Waals surface area contributed by atoms with Crippen LogP contribution in [-0.4, -0.2) is 20.2 Å². The zero-order chi connectivity index (χ0) is 14.8. The highest BCUT2D eigenvalue weighted by molar-refractivity contribution is 5.65. The van der Waals surface area contributed by atoms with Crippen molar-refractivity contribution in [1.82, 2.24) is 15.1 Å². The van der Waals surface area contributed by atoms with Crippen molar-refractivity contribution < 1.29 is 9.63 Å². The van der Waals surface area contributed by atoms with Gasteiger partial charge in [0.2, 0.25) is 5.82 Å². The van der Waals surface area contributed by atoms with Crippen molar-refractivity contribution in [3.63, 3.8) is 0 Å². The van der Waals surface area contributed by atoms with Crippen LogP contribution in [0.25, 0.3) is 23.0 Å². The Morgan fingerprint density at radius 2 is 2.10 bits per heavy atom. The summed E-state index contributed by atoms with van der Waals surface area (Å²) >= 11 is 0. The average Bonchev–Trinajstić information content (AvgIpc) is 2.96. The summed E-state index contributed by atoms with van der Waals surface area (Å²) in [7, 11) is 0. The van der Waals surface area contributed by atoms with Crippen LogP contribution in [0.3, 0.4) is 0 Å². The first-order chi connectivity index (χ1) is 10.2. The fourth-order valence-electron chi connectivity index (χ4n) is 2.18. The van der Waals surface area contributed by atoms with Crippen molar-refractivity contribution in [3.8, 4) is 28.7 Å². The normalized spacial score (nSPS) is 10.8. The van der Waals surface area contributed by atoms with E-state index in [1.54, 1.807) is 18.3 Å². The Hall–Kier alpha value is -2.69. The van der Waals surface area contributed by atoms with Gasteiger partial charge in [-0.05, 0) is 42.7 Å². The molecule has 0 aliphatic carbocycles. The molecule has 0 amide bonds. The highest BCUT2D eigenvalue weighted by atomic mass is 16.5. The molecule has 0 saturated heterocycles. The van der Waals surface area contributed by atoms with Gasteiger partial charge in [-0.3, -0.25) is 4.98 Å². The van der Waals surface area contributed by atoms with E-state index in [1.165, 1.54) is 0 Å². The summed E-state index contributed by atoms with van der Waals surface area (Å²) in [5.41, 5.74) is 3.25. The average molecular weight is 281 g/mol. The van der Waals surface area contributed by atoms with Gasteiger partial charge in [0.1, 0.15) is 11.4 Å². The Kier molecular flexibility index (Phi) is 3.39. The topological polar surface area (TPSA) is 72.0 Å². The molecule has 1 aromatic carbocycles. The molecule has 3 aromatic rings. The molecule has 0 aliphatic rings.